The number of hydrogen-bond acceptors (Lipinski definition) is 2. The monoisotopic (exact) mass is 166 g/mol. The summed E-state index contributed by atoms with van der Waals surface area (Å²) in [6.07, 6.45) is 8.73. The lowest BCUT2D eigenvalue weighted by Gasteiger charge is -2.24. The quantitative estimate of drug-likeness (QED) is 0.635. The number of allylic oxidation sites excluding steroid dienone is 1. The van der Waals surface area contributed by atoms with Crippen LogP contribution in [0.4, 0.5) is 0 Å². The van der Waals surface area contributed by atoms with Gasteiger partial charge in [-0.15, -0.1) is 0 Å². The third-order valence-corrected chi connectivity index (χ3v) is 1.91. The molecular formula is C10H16NO. The van der Waals surface area contributed by atoms with Crippen LogP contribution in [0.1, 0.15) is 26.7 Å². The second-order valence-electron chi connectivity index (χ2n) is 2.82. The van der Waals surface area contributed by atoms with Gasteiger partial charge in [0.1, 0.15) is 0 Å². The minimum absolute atomic E-state index is 0.952. The molecular weight excluding hydrogens is 150 g/mol. The molecule has 0 aromatic heterocycles. The lowest BCUT2D eigenvalue weighted by Crippen LogP contribution is -2.24. The molecule has 1 rings (SSSR count). The van der Waals surface area contributed by atoms with E-state index in [1.165, 1.54) is 12.1 Å². The maximum absolute atomic E-state index is 5.00. The first-order chi connectivity index (χ1) is 5.88. The lowest BCUT2D eigenvalue weighted by atomic mass is 10.2. The molecule has 1 radical (unpaired) electrons. The van der Waals surface area contributed by atoms with Crippen LogP contribution in [0.5, 0.6) is 0 Å². The Morgan fingerprint density at radius 2 is 2.42 bits per heavy atom. The first-order valence-electron chi connectivity index (χ1n) is 4.56. The fraction of sp³-hybridized carbons (Fsp3) is 0.600. The standard InChI is InChI=1S/C10H16NO/c1-3-7-11(4-2)10-6-5-8-12-9-10/h5,8H,3-4,6-7H2,1-2H3. The molecule has 0 spiro atoms. The fourth-order valence-electron chi connectivity index (χ4n) is 1.30. The van der Waals surface area contributed by atoms with E-state index in [9.17, 15) is 0 Å². The molecule has 2 heteroatoms. The minimum Gasteiger partial charge on any atom is -0.459 e. The van der Waals surface area contributed by atoms with Crippen LogP contribution in [0, 0.1) is 6.26 Å². The molecule has 0 aromatic rings. The van der Waals surface area contributed by atoms with E-state index in [4.69, 9.17) is 4.74 Å². The van der Waals surface area contributed by atoms with Gasteiger partial charge in [-0.3, -0.25) is 0 Å². The van der Waals surface area contributed by atoms with Crippen molar-refractivity contribution in [1.29, 1.82) is 0 Å². The summed E-state index contributed by atoms with van der Waals surface area (Å²) in [6, 6.07) is 0. The first kappa shape index (κ1) is 9.17. The van der Waals surface area contributed by atoms with Gasteiger partial charge in [-0.1, -0.05) is 6.92 Å². The SMILES string of the molecule is CCCN(CC)C1=[C]OC=CC1. The number of nitrogens with zero attached hydrogens (tertiary/aromatic N) is 1. The zero-order chi connectivity index (χ0) is 8.81. The highest BCUT2D eigenvalue weighted by Gasteiger charge is 2.08. The number of hydrogen-bond donors (Lipinski definition) is 0. The smallest absolute Gasteiger partial charge is 0.190 e. The molecule has 1 aliphatic heterocycles. The Morgan fingerprint density at radius 3 is 2.92 bits per heavy atom. The van der Waals surface area contributed by atoms with Gasteiger partial charge in [-0.25, -0.2) is 0 Å². The molecule has 12 heavy (non-hydrogen) atoms. The summed E-state index contributed by atoms with van der Waals surface area (Å²) in [5, 5.41) is 0. The van der Waals surface area contributed by atoms with E-state index in [1.807, 2.05) is 6.08 Å². The van der Waals surface area contributed by atoms with Crippen molar-refractivity contribution in [3.63, 3.8) is 0 Å². The normalized spacial score (nSPS) is 15.3. The van der Waals surface area contributed by atoms with Crippen molar-refractivity contribution < 1.29 is 4.74 Å². The molecule has 2 nitrogen and oxygen atoms in total. The number of rotatable bonds is 4. The van der Waals surface area contributed by atoms with Gasteiger partial charge in [0, 0.05) is 19.5 Å². The first-order valence-corrected chi connectivity index (χ1v) is 4.56. The second-order valence-corrected chi connectivity index (χ2v) is 2.82. The Bertz CT molecular complexity index is 184. The molecule has 0 aromatic carbocycles. The van der Waals surface area contributed by atoms with Crippen molar-refractivity contribution in [2.75, 3.05) is 13.1 Å². The highest BCUT2D eigenvalue weighted by molar-refractivity contribution is 5.03. The van der Waals surface area contributed by atoms with Crippen LogP contribution in [0.15, 0.2) is 18.0 Å². The fourth-order valence-corrected chi connectivity index (χ4v) is 1.30. The Morgan fingerprint density at radius 1 is 1.58 bits per heavy atom. The molecule has 0 saturated carbocycles. The highest BCUT2D eigenvalue weighted by Crippen LogP contribution is 2.13. The van der Waals surface area contributed by atoms with E-state index in [1.54, 1.807) is 6.26 Å². The predicted molar refractivity (Wildman–Crippen MR) is 49.1 cm³/mol. The van der Waals surface area contributed by atoms with Gasteiger partial charge in [0.05, 0.1) is 12.0 Å². The lowest BCUT2D eigenvalue weighted by molar-refractivity contribution is 0.292. The number of ether oxygens (including phenoxy) is 1. The van der Waals surface area contributed by atoms with E-state index < -0.39 is 0 Å². The van der Waals surface area contributed by atoms with Gasteiger partial charge in [-0.05, 0) is 19.4 Å². The van der Waals surface area contributed by atoms with Crippen molar-refractivity contribution in [3.05, 3.63) is 24.3 Å². The molecule has 0 bridgehead atoms. The van der Waals surface area contributed by atoms with Gasteiger partial charge in [0.2, 0.25) is 0 Å². The van der Waals surface area contributed by atoms with Crippen molar-refractivity contribution >= 4 is 0 Å². The van der Waals surface area contributed by atoms with Crippen molar-refractivity contribution in [3.8, 4) is 0 Å². The van der Waals surface area contributed by atoms with Gasteiger partial charge >= 0.3 is 0 Å². The van der Waals surface area contributed by atoms with E-state index >= 15 is 0 Å². The molecule has 0 atom stereocenters. The third-order valence-electron chi connectivity index (χ3n) is 1.91. The van der Waals surface area contributed by atoms with Crippen LogP contribution in [-0.4, -0.2) is 18.0 Å². The Kier molecular flexibility index (Phi) is 3.71. The van der Waals surface area contributed by atoms with Gasteiger partial charge in [0.15, 0.2) is 6.26 Å². The second kappa shape index (κ2) is 4.86. The van der Waals surface area contributed by atoms with Gasteiger partial charge < -0.3 is 9.64 Å². The maximum Gasteiger partial charge on any atom is 0.190 e. The molecule has 0 fully saturated rings. The average molecular weight is 166 g/mol. The molecule has 1 heterocycles. The van der Waals surface area contributed by atoms with Crippen LogP contribution < -0.4 is 0 Å². The molecule has 0 saturated heterocycles. The van der Waals surface area contributed by atoms with Crippen molar-refractivity contribution in [2.24, 2.45) is 0 Å². The summed E-state index contributed by atoms with van der Waals surface area (Å²) >= 11 is 0. The van der Waals surface area contributed by atoms with Crippen LogP contribution in [0.3, 0.4) is 0 Å². The summed E-state index contributed by atoms with van der Waals surface area (Å²) in [7, 11) is 0. The minimum atomic E-state index is 0.952. The molecule has 67 valence electrons. The van der Waals surface area contributed by atoms with E-state index in [2.05, 4.69) is 25.0 Å². The molecule has 0 aliphatic carbocycles. The Hall–Kier alpha value is -0.920. The predicted octanol–water partition coefficient (Wildman–Crippen LogP) is 2.30. The molecule has 0 unspecified atom stereocenters. The van der Waals surface area contributed by atoms with Crippen LogP contribution in [-0.2, 0) is 4.74 Å². The Labute approximate surface area is 74.5 Å². The van der Waals surface area contributed by atoms with Gasteiger partial charge in [0.25, 0.3) is 0 Å². The zero-order valence-electron chi connectivity index (χ0n) is 7.84. The Balaban J connectivity index is 2.47. The molecule has 1 aliphatic rings. The van der Waals surface area contributed by atoms with E-state index in [0.29, 0.717) is 0 Å². The van der Waals surface area contributed by atoms with Crippen LogP contribution >= 0.6 is 0 Å². The summed E-state index contributed by atoms with van der Waals surface area (Å²) in [4.78, 5) is 2.30. The van der Waals surface area contributed by atoms with E-state index in [-0.39, 0.29) is 0 Å². The average Bonchev–Trinajstić information content (AvgIpc) is 2.15. The van der Waals surface area contributed by atoms with Crippen LogP contribution in [0.2, 0.25) is 0 Å². The van der Waals surface area contributed by atoms with Crippen LogP contribution in [0.25, 0.3) is 0 Å². The van der Waals surface area contributed by atoms with E-state index in [0.717, 1.165) is 19.5 Å². The molecule has 0 N–H and O–H groups in total. The summed E-state index contributed by atoms with van der Waals surface area (Å²) in [6.45, 7) is 6.47. The highest BCUT2D eigenvalue weighted by atomic mass is 16.5. The summed E-state index contributed by atoms with van der Waals surface area (Å²) in [5.74, 6) is 0. The van der Waals surface area contributed by atoms with Crippen molar-refractivity contribution in [2.45, 2.75) is 26.7 Å². The summed E-state index contributed by atoms with van der Waals surface area (Å²) < 4.78 is 5.00. The zero-order valence-corrected chi connectivity index (χ0v) is 7.84. The maximum atomic E-state index is 5.00. The van der Waals surface area contributed by atoms with Gasteiger partial charge in [-0.2, -0.15) is 0 Å². The third kappa shape index (κ3) is 2.29. The molecule has 0 amide bonds. The summed E-state index contributed by atoms with van der Waals surface area (Å²) in [5.41, 5.74) is 1.17. The topological polar surface area (TPSA) is 12.5 Å². The van der Waals surface area contributed by atoms with Crippen molar-refractivity contribution in [1.82, 2.24) is 4.90 Å². The largest absolute Gasteiger partial charge is 0.459 e.